The molecule has 3 aromatic rings. The van der Waals surface area contributed by atoms with E-state index in [1.807, 2.05) is 37.3 Å². The van der Waals surface area contributed by atoms with Crippen LogP contribution in [0.1, 0.15) is 33.2 Å². The van der Waals surface area contributed by atoms with Crippen molar-refractivity contribution in [2.24, 2.45) is 0 Å². The van der Waals surface area contributed by atoms with Gasteiger partial charge in [0.15, 0.2) is 0 Å². The summed E-state index contributed by atoms with van der Waals surface area (Å²) in [7, 11) is 0. The summed E-state index contributed by atoms with van der Waals surface area (Å²) < 4.78 is 5.39. The highest BCUT2D eigenvalue weighted by Crippen LogP contribution is 2.16. The number of nitrogens with one attached hydrogen (secondary N) is 2. The minimum absolute atomic E-state index is 0.260. The van der Waals surface area contributed by atoms with Crippen LogP contribution in [0.2, 0.25) is 0 Å². The molecule has 1 aromatic heterocycles. The summed E-state index contributed by atoms with van der Waals surface area (Å²) >= 11 is 0. The molecule has 0 bridgehead atoms. The second-order valence-corrected chi connectivity index (χ2v) is 6.37. The highest BCUT2D eigenvalue weighted by molar-refractivity contribution is 6.05. The van der Waals surface area contributed by atoms with E-state index in [2.05, 4.69) is 15.6 Å². The van der Waals surface area contributed by atoms with Crippen molar-refractivity contribution in [1.29, 1.82) is 0 Å². The van der Waals surface area contributed by atoms with Crippen LogP contribution in [0.4, 0.5) is 5.69 Å². The number of hydrogen-bond donors (Lipinski definition) is 2. The van der Waals surface area contributed by atoms with Crippen LogP contribution >= 0.6 is 0 Å². The van der Waals surface area contributed by atoms with Crippen LogP contribution in [-0.2, 0) is 6.42 Å². The van der Waals surface area contributed by atoms with Gasteiger partial charge in [-0.25, -0.2) is 0 Å². The highest BCUT2D eigenvalue weighted by atomic mass is 16.5. The van der Waals surface area contributed by atoms with E-state index < -0.39 is 0 Å². The number of anilines is 1. The van der Waals surface area contributed by atoms with Gasteiger partial charge in [-0.15, -0.1) is 0 Å². The molecule has 0 radical (unpaired) electrons. The molecule has 6 heteroatoms. The first-order valence-corrected chi connectivity index (χ1v) is 9.47. The van der Waals surface area contributed by atoms with Crippen LogP contribution in [-0.4, -0.2) is 29.9 Å². The standard InChI is InChI=1S/C23H23N3O3/c1-2-29-21-10-8-20(9-11-21)26-23(28)19-14-18(15-24-16-19)22(27)25-13-12-17-6-4-3-5-7-17/h3-11,14-16H,2,12-13H2,1H3,(H,25,27)(H,26,28). The number of amides is 2. The molecule has 1 heterocycles. The van der Waals surface area contributed by atoms with E-state index in [1.165, 1.54) is 18.5 Å². The minimum atomic E-state index is -0.333. The lowest BCUT2D eigenvalue weighted by Gasteiger charge is -2.09. The Morgan fingerprint density at radius 3 is 2.31 bits per heavy atom. The molecule has 2 N–H and O–H groups in total. The highest BCUT2D eigenvalue weighted by Gasteiger charge is 2.11. The number of rotatable bonds is 8. The number of hydrogen-bond acceptors (Lipinski definition) is 4. The zero-order chi connectivity index (χ0) is 20.5. The van der Waals surface area contributed by atoms with Crippen LogP contribution in [0.5, 0.6) is 5.75 Å². The number of nitrogens with zero attached hydrogens (tertiary/aromatic N) is 1. The van der Waals surface area contributed by atoms with Crippen LogP contribution in [0.25, 0.3) is 0 Å². The summed E-state index contributed by atoms with van der Waals surface area (Å²) in [6, 6.07) is 18.5. The van der Waals surface area contributed by atoms with E-state index in [9.17, 15) is 9.59 Å². The monoisotopic (exact) mass is 389 g/mol. The normalized spacial score (nSPS) is 10.2. The molecule has 0 aliphatic heterocycles. The first-order valence-electron chi connectivity index (χ1n) is 9.47. The summed E-state index contributed by atoms with van der Waals surface area (Å²) in [6.45, 7) is 3.00. The van der Waals surface area contributed by atoms with Crippen molar-refractivity contribution in [2.45, 2.75) is 13.3 Å². The van der Waals surface area contributed by atoms with E-state index in [0.29, 0.717) is 30.0 Å². The second kappa shape index (κ2) is 10.0. The number of carbonyl (C=O) groups excluding carboxylic acids is 2. The third kappa shape index (κ3) is 5.90. The summed E-state index contributed by atoms with van der Waals surface area (Å²) in [5.41, 5.74) is 2.44. The topological polar surface area (TPSA) is 80.3 Å². The summed E-state index contributed by atoms with van der Waals surface area (Å²) in [6.07, 6.45) is 3.62. The number of carbonyl (C=O) groups is 2. The van der Waals surface area contributed by atoms with Crippen molar-refractivity contribution in [3.05, 3.63) is 89.7 Å². The molecule has 2 aromatic carbocycles. The van der Waals surface area contributed by atoms with Gasteiger partial charge in [-0.2, -0.15) is 0 Å². The van der Waals surface area contributed by atoms with Crippen LogP contribution < -0.4 is 15.4 Å². The molecule has 148 valence electrons. The average molecular weight is 389 g/mol. The summed E-state index contributed by atoms with van der Waals surface area (Å²) in [5, 5.41) is 5.65. The fourth-order valence-corrected chi connectivity index (χ4v) is 2.76. The third-order valence-electron chi connectivity index (χ3n) is 4.23. The molecule has 0 spiro atoms. The molecule has 0 saturated carbocycles. The Morgan fingerprint density at radius 1 is 0.931 bits per heavy atom. The molecule has 0 unspecified atom stereocenters. The number of pyridine rings is 1. The second-order valence-electron chi connectivity index (χ2n) is 6.37. The maximum Gasteiger partial charge on any atom is 0.257 e. The summed E-state index contributed by atoms with van der Waals surface area (Å²) in [5.74, 6) is 0.145. The predicted octanol–water partition coefficient (Wildman–Crippen LogP) is 3.71. The molecule has 0 atom stereocenters. The van der Waals surface area contributed by atoms with Gasteiger partial charge in [0.25, 0.3) is 11.8 Å². The molecule has 0 aliphatic rings. The molecule has 0 saturated heterocycles. The van der Waals surface area contributed by atoms with E-state index in [1.54, 1.807) is 24.3 Å². The van der Waals surface area contributed by atoms with Crippen LogP contribution in [0.3, 0.4) is 0 Å². The van der Waals surface area contributed by atoms with E-state index in [4.69, 9.17) is 4.74 Å². The smallest absolute Gasteiger partial charge is 0.257 e. The molecule has 0 fully saturated rings. The van der Waals surface area contributed by atoms with E-state index in [0.717, 1.165) is 17.7 Å². The fourth-order valence-electron chi connectivity index (χ4n) is 2.76. The van der Waals surface area contributed by atoms with Crippen LogP contribution in [0, 0.1) is 0 Å². The maximum absolute atomic E-state index is 12.5. The number of ether oxygens (including phenoxy) is 1. The Balaban J connectivity index is 1.57. The van der Waals surface area contributed by atoms with Gasteiger partial charge in [-0.1, -0.05) is 30.3 Å². The Morgan fingerprint density at radius 2 is 1.62 bits per heavy atom. The first kappa shape index (κ1) is 20.1. The number of aromatic nitrogens is 1. The van der Waals surface area contributed by atoms with Crippen molar-refractivity contribution < 1.29 is 14.3 Å². The van der Waals surface area contributed by atoms with Crippen molar-refractivity contribution in [1.82, 2.24) is 10.3 Å². The minimum Gasteiger partial charge on any atom is -0.494 e. The lowest BCUT2D eigenvalue weighted by molar-refractivity contribution is 0.0953. The van der Waals surface area contributed by atoms with Gasteiger partial charge in [0.05, 0.1) is 17.7 Å². The molecular formula is C23H23N3O3. The van der Waals surface area contributed by atoms with Crippen molar-refractivity contribution in [3.63, 3.8) is 0 Å². The van der Waals surface area contributed by atoms with Gasteiger partial charge in [-0.05, 0) is 49.2 Å². The quantitative estimate of drug-likeness (QED) is 0.616. The summed E-state index contributed by atoms with van der Waals surface area (Å²) in [4.78, 5) is 28.9. The fraction of sp³-hybridized carbons (Fsp3) is 0.174. The van der Waals surface area contributed by atoms with Gasteiger partial charge in [0, 0.05) is 24.6 Å². The number of benzene rings is 2. The first-order chi connectivity index (χ1) is 14.2. The zero-order valence-corrected chi connectivity index (χ0v) is 16.2. The van der Waals surface area contributed by atoms with E-state index in [-0.39, 0.29) is 11.8 Å². The largest absolute Gasteiger partial charge is 0.494 e. The lowest BCUT2D eigenvalue weighted by Crippen LogP contribution is -2.26. The molecule has 2 amide bonds. The van der Waals surface area contributed by atoms with Gasteiger partial charge in [-0.3, -0.25) is 14.6 Å². The third-order valence-corrected chi connectivity index (χ3v) is 4.23. The van der Waals surface area contributed by atoms with Gasteiger partial charge >= 0.3 is 0 Å². The molecule has 6 nitrogen and oxygen atoms in total. The molecule has 3 rings (SSSR count). The van der Waals surface area contributed by atoms with Gasteiger partial charge in [0.2, 0.25) is 0 Å². The zero-order valence-electron chi connectivity index (χ0n) is 16.2. The van der Waals surface area contributed by atoms with Gasteiger partial charge in [0.1, 0.15) is 5.75 Å². The van der Waals surface area contributed by atoms with Gasteiger partial charge < -0.3 is 15.4 Å². The Bertz CT molecular complexity index is 957. The lowest BCUT2D eigenvalue weighted by atomic mass is 10.1. The Hall–Kier alpha value is -3.67. The maximum atomic E-state index is 12.5. The predicted molar refractivity (Wildman–Crippen MR) is 112 cm³/mol. The van der Waals surface area contributed by atoms with Crippen molar-refractivity contribution >= 4 is 17.5 Å². The average Bonchev–Trinajstić information content (AvgIpc) is 2.76. The molecular weight excluding hydrogens is 366 g/mol. The molecule has 0 aliphatic carbocycles. The SMILES string of the molecule is CCOc1ccc(NC(=O)c2cncc(C(=O)NCCc3ccccc3)c2)cc1. The van der Waals surface area contributed by atoms with E-state index >= 15 is 0 Å². The van der Waals surface area contributed by atoms with Crippen molar-refractivity contribution in [3.8, 4) is 5.75 Å². The Labute approximate surface area is 169 Å². The Kier molecular flexibility index (Phi) is 6.95. The molecule has 29 heavy (non-hydrogen) atoms. The van der Waals surface area contributed by atoms with Crippen molar-refractivity contribution in [2.75, 3.05) is 18.5 Å². The van der Waals surface area contributed by atoms with Crippen LogP contribution in [0.15, 0.2) is 73.1 Å².